The van der Waals surface area contributed by atoms with Gasteiger partial charge in [-0.05, 0) is 13.0 Å². The Bertz CT molecular complexity index is 459. The quantitative estimate of drug-likeness (QED) is 0.738. The van der Waals surface area contributed by atoms with Crippen LogP contribution >= 0.6 is 0 Å². The van der Waals surface area contributed by atoms with Crippen LogP contribution in [-0.2, 0) is 11.3 Å². The number of aryl methyl sites for hydroxylation is 1. The first-order chi connectivity index (χ1) is 6.77. The largest absolute Gasteiger partial charge is 0.300 e. The molecule has 0 atom stereocenters. The zero-order valence-electron chi connectivity index (χ0n) is 8.10. The van der Waals surface area contributed by atoms with E-state index in [1.165, 1.54) is 0 Å². The molecule has 0 aliphatic heterocycles. The molecule has 0 unspecified atom stereocenters. The summed E-state index contributed by atoms with van der Waals surface area (Å²) in [5.41, 5.74) is 1.09. The highest BCUT2D eigenvalue weighted by Gasteiger charge is 2.01. The van der Waals surface area contributed by atoms with Gasteiger partial charge in [-0.2, -0.15) is 5.10 Å². The predicted octanol–water partition coefficient (Wildman–Crippen LogP) is 2.02. The van der Waals surface area contributed by atoms with Gasteiger partial charge in [0, 0.05) is 18.4 Å². The van der Waals surface area contributed by atoms with Gasteiger partial charge in [0.15, 0.2) is 0 Å². The number of nitrogens with zero attached hydrogens (tertiary/aromatic N) is 2. The lowest BCUT2D eigenvalue weighted by Gasteiger charge is -2.00. The molecule has 1 aromatic heterocycles. The molecule has 1 aromatic carbocycles. The second kappa shape index (κ2) is 3.62. The van der Waals surface area contributed by atoms with E-state index in [-0.39, 0.29) is 5.78 Å². The molecule has 0 N–H and O–H groups in total. The molecular weight excluding hydrogens is 176 g/mol. The first-order valence-corrected chi connectivity index (χ1v) is 4.67. The van der Waals surface area contributed by atoms with E-state index in [0.29, 0.717) is 13.0 Å². The molecule has 0 aliphatic rings. The minimum absolute atomic E-state index is 0.199. The van der Waals surface area contributed by atoms with Crippen molar-refractivity contribution in [2.24, 2.45) is 0 Å². The molecular formula is C11H12N2O. The lowest BCUT2D eigenvalue weighted by Crippen LogP contribution is -2.03. The summed E-state index contributed by atoms with van der Waals surface area (Å²) in [4.78, 5) is 10.8. The van der Waals surface area contributed by atoms with E-state index in [4.69, 9.17) is 0 Å². The van der Waals surface area contributed by atoms with Gasteiger partial charge in [-0.15, -0.1) is 0 Å². The summed E-state index contributed by atoms with van der Waals surface area (Å²) in [7, 11) is 0. The summed E-state index contributed by atoms with van der Waals surface area (Å²) in [6, 6.07) is 8.00. The summed E-state index contributed by atoms with van der Waals surface area (Å²) in [6.07, 6.45) is 2.38. The molecule has 2 aromatic rings. The third-order valence-electron chi connectivity index (χ3n) is 2.23. The zero-order valence-corrected chi connectivity index (χ0v) is 8.10. The summed E-state index contributed by atoms with van der Waals surface area (Å²) >= 11 is 0. The van der Waals surface area contributed by atoms with Gasteiger partial charge in [-0.3, -0.25) is 9.48 Å². The van der Waals surface area contributed by atoms with Gasteiger partial charge >= 0.3 is 0 Å². The molecule has 14 heavy (non-hydrogen) atoms. The van der Waals surface area contributed by atoms with Crippen molar-refractivity contribution < 1.29 is 4.79 Å². The summed E-state index contributed by atoms with van der Waals surface area (Å²) in [6.45, 7) is 2.27. The Morgan fingerprint density at radius 2 is 2.21 bits per heavy atom. The smallest absolute Gasteiger partial charge is 0.131 e. The third-order valence-corrected chi connectivity index (χ3v) is 2.23. The number of hydrogen-bond donors (Lipinski definition) is 0. The predicted molar refractivity (Wildman–Crippen MR) is 55.0 cm³/mol. The minimum atomic E-state index is 0.199. The summed E-state index contributed by atoms with van der Waals surface area (Å²) < 4.78 is 1.87. The molecule has 0 bridgehead atoms. The van der Waals surface area contributed by atoms with Crippen molar-refractivity contribution >= 4 is 16.7 Å². The Morgan fingerprint density at radius 3 is 3.00 bits per heavy atom. The molecule has 0 aliphatic carbocycles. The summed E-state index contributed by atoms with van der Waals surface area (Å²) in [5.74, 6) is 0.199. The second-order valence-corrected chi connectivity index (χ2v) is 3.38. The summed E-state index contributed by atoms with van der Waals surface area (Å²) in [5, 5.41) is 5.35. The molecule has 0 saturated heterocycles. The fourth-order valence-electron chi connectivity index (χ4n) is 1.47. The molecule has 3 nitrogen and oxygen atoms in total. The Balaban J connectivity index is 2.29. The molecule has 0 fully saturated rings. The average molecular weight is 188 g/mol. The van der Waals surface area contributed by atoms with Gasteiger partial charge in [0.2, 0.25) is 0 Å². The molecule has 0 radical (unpaired) electrons. The number of para-hydroxylation sites is 1. The van der Waals surface area contributed by atoms with E-state index in [9.17, 15) is 4.79 Å². The van der Waals surface area contributed by atoms with Crippen LogP contribution in [0, 0.1) is 0 Å². The van der Waals surface area contributed by atoms with Crippen LogP contribution in [0.5, 0.6) is 0 Å². The number of carbonyl (C=O) groups excluding carboxylic acids is 1. The van der Waals surface area contributed by atoms with E-state index < -0.39 is 0 Å². The highest BCUT2D eigenvalue weighted by Crippen LogP contribution is 2.12. The van der Waals surface area contributed by atoms with Crippen molar-refractivity contribution in [2.75, 3.05) is 0 Å². The number of Topliss-reactive ketones (excluding diaryl/α,β-unsaturated/α-hetero) is 1. The van der Waals surface area contributed by atoms with Crippen LogP contribution in [0.4, 0.5) is 0 Å². The highest BCUT2D eigenvalue weighted by atomic mass is 16.1. The van der Waals surface area contributed by atoms with Gasteiger partial charge in [0.05, 0.1) is 11.7 Å². The molecule has 0 amide bonds. The fraction of sp³-hybridized carbons (Fsp3) is 0.273. The van der Waals surface area contributed by atoms with Gasteiger partial charge < -0.3 is 0 Å². The number of carbonyl (C=O) groups is 1. The van der Waals surface area contributed by atoms with Crippen LogP contribution in [0.1, 0.15) is 13.3 Å². The molecule has 2 rings (SSSR count). The van der Waals surface area contributed by atoms with E-state index in [1.807, 2.05) is 35.1 Å². The maximum absolute atomic E-state index is 10.8. The first-order valence-electron chi connectivity index (χ1n) is 4.67. The van der Waals surface area contributed by atoms with Crippen LogP contribution in [0.2, 0.25) is 0 Å². The van der Waals surface area contributed by atoms with Gasteiger partial charge in [0.25, 0.3) is 0 Å². The van der Waals surface area contributed by atoms with Crippen molar-refractivity contribution in [3.8, 4) is 0 Å². The third kappa shape index (κ3) is 1.66. The number of rotatable bonds is 3. The van der Waals surface area contributed by atoms with Crippen LogP contribution in [0.25, 0.3) is 10.9 Å². The molecule has 72 valence electrons. The first kappa shape index (κ1) is 8.94. The second-order valence-electron chi connectivity index (χ2n) is 3.38. The number of benzene rings is 1. The number of hydrogen-bond acceptors (Lipinski definition) is 2. The van der Waals surface area contributed by atoms with Crippen molar-refractivity contribution in [1.82, 2.24) is 9.78 Å². The Kier molecular flexibility index (Phi) is 2.31. The molecule has 1 heterocycles. The monoisotopic (exact) mass is 188 g/mol. The van der Waals surface area contributed by atoms with Crippen molar-refractivity contribution in [3.63, 3.8) is 0 Å². The van der Waals surface area contributed by atoms with Crippen molar-refractivity contribution in [2.45, 2.75) is 19.9 Å². The lowest BCUT2D eigenvalue weighted by molar-refractivity contribution is -0.117. The highest BCUT2D eigenvalue weighted by molar-refractivity contribution is 5.79. The Labute approximate surface area is 82.3 Å². The van der Waals surface area contributed by atoms with E-state index in [0.717, 1.165) is 10.9 Å². The van der Waals surface area contributed by atoms with Crippen LogP contribution < -0.4 is 0 Å². The average Bonchev–Trinajstić information content (AvgIpc) is 2.58. The topological polar surface area (TPSA) is 34.9 Å². The minimum Gasteiger partial charge on any atom is -0.300 e. The fourth-order valence-corrected chi connectivity index (χ4v) is 1.47. The maximum Gasteiger partial charge on any atom is 0.131 e. The number of aromatic nitrogens is 2. The number of fused-ring (bicyclic) bond motifs is 1. The SMILES string of the molecule is CC(=O)CCn1ncc2ccccc21. The standard InChI is InChI=1S/C11H12N2O/c1-9(14)6-7-13-11-5-3-2-4-10(11)8-12-13/h2-5,8H,6-7H2,1H3. The van der Waals surface area contributed by atoms with E-state index >= 15 is 0 Å². The van der Waals surface area contributed by atoms with Crippen molar-refractivity contribution in [1.29, 1.82) is 0 Å². The van der Waals surface area contributed by atoms with E-state index in [1.54, 1.807) is 6.92 Å². The molecule has 0 spiro atoms. The van der Waals surface area contributed by atoms with Gasteiger partial charge in [0.1, 0.15) is 5.78 Å². The molecule has 0 saturated carbocycles. The number of ketones is 1. The van der Waals surface area contributed by atoms with Crippen LogP contribution in [-0.4, -0.2) is 15.6 Å². The van der Waals surface area contributed by atoms with Crippen LogP contribution in [0.15, 0.2) is 30.5 Å². The Morgan fingerprint density at radius 1 is 1.43 bits per heavy atom. The van der Waals surface area contributed by atoms with Crippen molar-refractivity contribution in [3.05, 3.63) is 30.5 Å². The Hall–Kier alpha value is -1.64. The van der Waals surface area contributed by atoms with Gasteiger partial charge in [-0.25, -0.2) is 0 Å². The zero-order chi connectivity index (χ0) is 9.97. The van der Waals surface area contributed by atoms with Gasteiger partial charge in [-0.1, -0.05) is 18.2 Å². The normalized spacial score (nSPS) is 10.6. The lowest BCUT2D eigenvalue weighted by atomic mass is 10.2. The molecule has 3 heteroatoms. The maximum atomic E-state index is 10.8. The van der Waals surface area contributed by atoms with E-state index in [2.05, 4.69) is 5.10 Å². The van der Waals surface area contributed by atoms with Crippen LogP contribution in [0.3, 0.4) is 0 Å².